The lowest BCUT2D eigenvalue weighted by atomic mass is 10.1. The fourth-order valence-electron chi connectivity index (χ4n) is 0.772. The van der Waals surface area contributed by atoms with E-state index in [1.807, 2.05) is 34.6 Å². The minimum absolute atomic E-state index is 0.139. The predicted octanol–water partition coefficient (Wildman–Crippen LogP) is 1.89. The molecule has 2 nitrogen and oxygen atoms in total. The van der Waals surface area contributed by atoms with Gasteiger partial charge in [0.25, 0.3) is 0 Å². The summed E-state index contributed by atoms with van der Waals surface area (Å²) in [6.45, 7) is 9.94. The SMILES string of the molecule is CCC(C)(N)OC(C)(C)C. The molecule has 0 amide bonds. The fraction of sp³-hybridized carbons (Fsp3) is 1.00. The van der Waals surface area contributed by atoms with E-state index in [1.165, 1.54) is 0 Å². The maximum absolute atomic E-state index is 5.78. The maximum Gasteiger partial charge on any atom is 0.114 e. The fourth-order valence-corrected chi connectivity index (χ4v) is 0.772. The van der Waals surface area contributed by atoms with Gasteiger partial charge in [-0.2, -0.15) is 0 Å². The van der Waals surface area contributed by atoms with Crippen LogP contribution in [0.15, 0.2) is 0 Å². The van der Waals surface area contributed by atoms with Gasteiger partial charge in [0.05, 0.1) is 5.60 Å². The first-order chi connectivity index (χ1) is 4.27. The zero-order chi connectivity index (χ0) is 8.41. The van der Waals surface area contributed by atoms with Crippen LogP contribution in [-0.2, 0) is 4.74 Å². The average molecular weight is 145 g/mol. The van der Waals surface area contributed by atoms with E-state index in [0.717, 1.165) is 6.42 Å². The second kappa shape index (κ2) is 2.89. The Balaban J connectivity index is 3.89. The molecule has 0 aromatic rings. The molecule has 0 aliphatic heterocycles. The lowest BCUT2D eigenvalue weighted by Crippen LogP contribution is -2.44. The second-order valence-electron chi connectivity index (χ2n) is 3.88. The molecule has 10 heavy (non-hydrogen) atoms. The predicted molar refractivity (Wildman–Crippen MR) is 43.7 cm³/mol. The lowest BCUT2D eigenvalue weighted by molar-refractivity contribution is -0.120. The molecule has 62 valence electrons. The largest absolute Gasteiger partial charge is 0.356 e. The molecule has 0 spiro atoms. The molecule has 1 atom stereocenters. The zero-order valence-corrected chi connectivity index (χ0v) is 7.69. The minimum Gasteiger partial charge on any atom is -0.356 e. The van der Waals surface area contributed by atoms with Gasteiger partial charge in [-0.25, -0.2) is 0 Å². The van der Waals surface area contributed by atoms with Crippen molar-refractivity contribution >= 4 is 0 Å². The number of rotatable bonds is 2. The number of ether oxygens (including phenoxy) is 1. The Bertz CT molecular complexity index is 102. The van der Waals surface area contributed by atoms with Gasteiger partial charge in [0.2, 0.25) is 0 Å². The van der Waals surface area contributed by atoms with E-state index in [9.17, 15) is 0 Å². The molecular formula is C8H19NO. The van der Waals surface area contributed by atoms with Crippen LogP contribution in [0, 0.1) is 0 Å². The number of nitrogens with two attached hydrogens (primary N) is 1. The van der Waals surface area contributed by atoms with E-state index in [0.29, 0.717) is 0 Å². The first-order valence-corrected chi connectivity index (χ1v) is 3.76. The summed E-state index contributed by atoms with van der Waals surface area (Å²) in [5.74, 6) is 0. The van der Waals surface area contributed by atoms with E-state index in [1.54, 1.807) is 0 Å². The normalized spacial score (nSPS) is 18.6. The molecule has 0 bridgehead atoms. The van der Waals surface area contributed by atoms with Gasteiger partial charge in [0.1, 0.15) is 5.72 Å². The summed E-state index contributed by atoms with van der Waals surface area (Å²) in [6, 6.07) is 0. The maximum atomic E-state index is 5.78. The summed E-state index contributed by atoms with van der Waals surface area (Å²) >= 11 is 0. The molecule has 0 saturated heterocycles. The average Bonchev–Trinajstić information content (AvgIpc) is 1.60. The van der Waals surface area contributed by atoms with Crippen molar-refractivity contribution in [3.05, 3.63) is 0 Å². The summed E-state index contributed by atoms with van der Waals surface area (Å²) in [7, 11) is 0. The third-order valence-corrected chi connectivity index (χ3v) is 1.24. The molecule has 0 aromatic carbocycles. The molecule has 0 saturated carbocycles. The zero-order valence-electron chi connectivity index (χ0n) is 7.69. The molecule has 2 N–H and O–H groups in total. The quantitative estimate of drug-likeness (QED) is 0.602. The summed E-state index contributed by atoms with van der Waals surface area (Å²) in [5.41, 5.74) is 5.17. The minimum atomic E-state index is -0.474. The van der Waals surface area contributed by atoms with Crippen LogP contribution in [0.25, 0.3) is 0 Å². The van der Waals surface area contributed by atoms with Crippen molar-refractivity contribution < 1.29 is 4.74 Å². The second-order valence-corrected chi connectivity index (χ2v) is 3.88. The van der Waals surface area contributed by atoms with Crippen LogP contribution in [0.5, 0.6) is 0 Å². The monoisotopic (exact) mass is 145 g/mol. The van der Waals surface area contributed by atoms with Gasteiger partial charge in [-0.15, -0.1) is 0 Å². The standard InChI is InChI=1S/C8H19NO/c1-6-8(5,9)10-7(2,3)4/h6,9H2,1-5H3. The van der Waals surface area contributed by atoms with Crippen molar-refractivity contribution in [3.63, 3.8) is 0 Å². The van der Waals surface area contributed by atoms with E-state index >= 15 is 0 Å². The third-order valence-electron chi connectivity index (χ3n) is 1.24. The molecule has 1 unspecified atom stereocenters. The molecule has 0 aliphatic rings. The lowest BCUT2D eigenvalue weighted by Gasteiger charge is -2.32. The highest BCUT2D eigenvalue weighted by Crippen LogP contribution is 2.17. The van der Waals surface area contributed by atoms with E-state index in [2.05, 4.69) is 0 Å². The van der Waals surface area contributed by atoms with Crippen LogP contribution in [0.4, 0.5) is 0 Å². The first kappa shape index (κ1) is 9.92. The van der Waals surface area contributed by atoms with Gasteiger partial charge >= 0.3 is 0 Å². The smallest absolute Gasteiger partial charge is 0.114 e. The molecule has 0 aromatic heterocycles. The first-order valence-electron chi connectivity index (χ1n) is 3.76. The Kier molecular flexibility index (Phi) is 2.86. The van der Waals surface area contributed by atoms with Crippen LogP contribution < -0.4 is 5.73 Å². The van der Waals surface area contributed by atoms with Crippen LogP contribution in [0.1, 0.15) is 41.0 Å². The highest BCUT2D eigenvalue weighted by atomic mass is 16.5. The van der Waals surface area contributed by atoms with Crippen molar-refractivity contribution in [3.8, 4) is 0 Å². The van der Waals surface area contributed by atoms with Gasteiger partial charge in [0, 0.05) is 0 Å². The van der Waals surface area contributed by atoms with E-state index in [4.69, 9.17) is 10.5 Å². The molecule has 2 heteroatoms. The highest BCUT2D eigenvalue weighted by Gasteiger charge is 2.23. The number of hydrogen-bond acceptors (Lipinski definition) is 2. The summed E-state index contributed by atoms with van der Waals surface area (Å²) in [5, 5.41) is 0. The Morgan fingerprint density at radius 1 is 1.20 bits per heavy atom. The van der Waals surface area contributed by atoms with Crippen LogP contribution in [0.3, 0.4) is 0 Å². The van der Waals surface area contributed by atoms with Crippen LogP contribution in [-0.4, -0.2) is 11.3 Å². The summed E-state index contributed by atoms with van der Waals surface area (Å²) in [6.07, 6.45) is 0.838. The molecule has 0 radical (unpaired) electrons. The van der Waals surface area contributed by atoms with Gasteiger partial charge in [-0.1, -0.05) is 6.92 Å². The Morgan fingerprint density at radius 2 is 1.60 bits per heavy atom. The molecule has 0 rings (SSSR count). The molecule has 0 heterocycles. The molecule has 0 aliphatic carbocycles. The van der Waals surface area contributed by atoms with Gasteiger partial charge in [-0.05, 0) is 34.1 Å². The van der Waals surface area contributed by atoms with Crippen molar-refractivity contribution in [1.29, 1.82) is 0 Å². The summed E-state index contributed by atoms with van der Waals surface area (Å²) in [4.78, 5) is 0. The van der Waals surface area contributed by atoms with E-state index < -0.39 is 5.72 Å². The van der Waals surface area contributed by atoms with Crippen LogP contribution in [0.2, 0.25) is 0 Å². The summed E-state index contributed by atoms with van der Waals surface area (Å²) < 4.78 is 5.55. The molecular weight excluding hydrogens is 126 g/mol. The van der Waals surface area contributed by atoms with Crippen molar-refractivity contribution in [1.82, 2.24) is 0 Å². The Labute approximate surface area is 63.7 Å². The van der Waals surface area contributed by atoms with Crippen molar-refractivity contribution in [2.75, 3.05) is 0 Å². The number of hydrogen-bond donors (Lipinski definition) is 1. The van der Waals surface area contributed by atoms with Crippen LogP contribution >= 0.6 is 0 Å². The van der Waals surface area contributed by atoms with Gasteiger partial charge in [0.15, 0.2) is 0 Å². The van der Waals surface area contributed by atoms with Gasteiger partial charge < -0.3 is 10.5 Å². The topological polar surface area (TPSA) is 35.2 Å². The van der Waals surface area contributed by atoms with E-state index in [-0.39, 0.29) is 5.60 Å². The Hall–Kier alpha value is -0.0800. The van der Waals surface area contributed by atoms with Crippen molar-refractivity contribution in [2.45, 2.75) is 52.4 Å². The Morgan fingerprint density at radius 3 is 1.70 bits per heavy atom. The molecule has 0 fully saturated rings. The third kappa shape index (κ3) is 4.77. The van der Waals surface area contributed by atoms with Gasteiger partial charge in [-0.3, -0.25) is 0 Å². The van der Waals surface area contributed by atoms with Crippen molar-refractivity contribution in [2.24, 2.45) is 5.73 Å². The highest BCUT2D eigenvalue weighted by molar-refractivity contribution is 4.70.